The number of benzene rings is 1. The molecular formula is C11H10N2O. The minimum atomic E-state index is 0.653. The fourth-order valence-corrected chi connectivity index (χ4v) is 1.34. The Balaban J connectivity index is 2.32. The zero-order chi connectivity index (χ0) is 9.80. The summed E-state index contributed by atoms with van der Waals surface area (Å²) in [7, 11) is 0. The molecule has 1 heterocycles. The molecule has 14 heavy (non-hydrogen) atoms. The van der Waals surface area contributed by atoms with E-state index in [-0.39, 0.29) is 0 Å². The first-order valence-corrected chi connectivity index (χ1v) is 4.35. The Morgan fingerprint density at radius 3 is 3.00 bits per heavy atom. The summed E-state index contributed by atoms with van der Waals surface area (Å²) in [6, 6.07) is 7.90. The van der Waals surface area contributed by atoms with Crippen molar-refractivity contribution in [3.8, 4) is 0 Å². The number of allylic oxidation sites excluding steroid dienone is 2. The third-order valence-electron chi connectivity index (χ3n) is 1.98. The highest BCUT2D eigenvalue weighted by molar-refractivity contribution is 5.71. The summed E-state index contributed by atoms with van der Waals surface area (Å²) in [6.45, 7) is 0. The molecule has 1 aromatic rings. The number of anilines is 1. The second-order valence-electron chi connectivity index (χ2n) is 2.91. The Labute approximate surface area is 82.1 Å². The molecule has 2 N–H and O–H groups in total. The molecule has 0 saturated carbocycles. The average molecular weight is 186 g/mol. The third kappa shape index (κ3) is 1.66. The minimum absolute atomic E-state index is 0.653. The summed E-state index contributed by atoms with van der Waals surface area (Å²) >= 11 is 0. The normalized spacial score (nSPS) is 13.3. The quantitative estimate of drug-likeness (QED) is 0.690. The van der Waals surface area contributed by atoms with Gasteiger partial charge in [-0.25, -0.2) is 0 Å². The van der Waals surface area contributed by atoms with Crippen LogP contribution < -0.4 is 10.6 Å². The molecule has 2 rings (SSSR count). The monoisotopic (exact) mass is 186 g/mol. The van der Waals surface area contributed by atoms with Crippen molar-refractivity contribution in [2.24, 2.45) is 0 Å². The standard InChI is InChI=1S/C11H10N2O/c14-8-12-11-7-3-5-9-4-1-2-6-10(9)13-11/h1-8,13H,(H,12,14). The summed E-state index contributed by atoms with van der Waals surface area (Å²) in [5.41, 5.74) is 2.09. The highest BCUT2D eigenvalue weighted by Crippen LogP contribution is 2.20. The number of carbonyl (C=O) groups excluding carboxylic acids is 1. The summed E-state index contributed by atoms with van der Waals surface area (Å²) in [5, 5.41) is 5.70. The molecule has 0 bridgehead atoms. The van der Waals surface area contributed by atoms with Crippen LogP contribution in [0.2, 0.25) is 0 Å². The van der Waals surface area contributed by atoms with Gasteiger partial charge in [0.25, 0.3) is 0 Å². The zero-order valence-electron chi connectivity index (χ0n) is 7.53. The van der Waals surface area contributed by atoms with Crippen molar-refractivity contribution in [1.29, 1.82) is 0 Å². The van der Waals surface area contributed by atoms with Crippen LogP contribution in [0.3, 0.4) is 0 Å². The van der Waals surface area contributed by atoms with E-state index in [0.29, 0.717) is 12.2 Å². The number of nitrogens with one attached hydrogen (secondary N) is 2. The molecule has 0 radical (unpaired) electrons. The molecule has 0 aliphatic carbocycles. The van der Waals surface area contributed by atoms with Gasteiger partial charge in [-0.15, -0.1) is 0 Å². The van der Waals surface area contributed by atoms with Crippen molar-refractivity contribution in [3.63, 3.8) is 0 Å². The van der Waals surface area contributed by atoms with Crippen molar-refractivity contribution < 1.29 is 4.79 Å². The number of rotatable bonds is 2. The molecule has 1 aromatic carbocycles. The topological polar surface area (TPSA) is 41.1 Å². The van der Waals surface area contributed by atoms with E-state index in [1.54, 1.807) is 0 Å². The van der Waals surface area contributed by atoms with Crippen molar-refractivity contribution in [1.82, 2.24) is 5.32 Å². The van der Waals surface area contributed by atoms with E-state index >= 15 is 0 Å². The van der Waals surface area contributed by atoms with Crippen LogP contribution in [0.5, 0.6) is 0 Å². The number of hydrogen-bond acceptors (Lipinski definition) is 2. The molecule has 0 spiro atoms. The van der Waals surface area contributed by atoms with E-state index in [0.717, 1.165) is 11.3 Å². The van der Waals surface area contributed by atoms with Gasteiger partial charge < -0.3 is 10.6 Å². The van der Waals surface area contributed by atoms with Crippen LogP contribution in [-0.2, 0) is 4.79 Å². The zero-order valence-corrected chi connectivity index (χ0v) is 7.53. The van der Waals surface area contributed by atoms with E-state index < -0.39 is 0 Å². The molecule has 0 aromatic heterocycles. The van der Waals surface area contributed by atoms with E-state index in [1.807, 2.05) is 42.5 Å². The molecule has 1 aliphatic heterocycles. The fourth-order valence-electron chi connectivity index (χ4n) is 1.34. The number of para-hydroxylation sites is 1. The summed E-state index contributed by atoms with van der Waals surface area (Å²) < 4.78 is 0. The van der Waals surface area contributed by atoms with Gasteiger partial charge in [-0.05, 0) is 17.7 Å². The van der Waals surface area contributed by atoms with Crippen LogP contribution in [0.4, 0.5) is 5.69 Å². The lowest BCUT2D eigenvalue weighted by atomic mass is 10.2. The predicted molar refractivity (Wildman–Crippen MR) is 56.4 cm³/mol. The van der Waals surface area contributed by atoms with Gasteiger partial charge in [0, 0.05) is 5.69 Å². The lowest BCUT2D eigenvalue weighted by Crippen LogP contribution is -2.17. The van der Waals surface area contributed by atoms with Gasteiger partial charge in [0.05, 0.1) is 0 Å². The first-order valence-electron chi connectivity index (χ1n) is 4.35. The average Bonchev–Trinajstić information content (AvgIpc) is 2.40. The SMILES string of the molecule is O=CNC1=CC=Cc2ccccc2N1. The van der Waals surface area contributed by atoms with Gasteiger partial charge in [-0.3, -0.25) is 4.79 Å². The maximum absolute atomic E-state index is 10.3. The number of hydrogen-bond donors (Lipinski definition) is 2. The van der Waals surface area contributed by atoms with Crippen LogP contribution in [-0.4, -0.2) is 6.41 Å². The highest BCUT2D eigenvalue weighted by Gasteiger charge is 2.02. The lowest BCUT2D eigenvalue weighted by Gasteiger charge is -2.09. The number of carbonyl (C=O) groups is 1. The third-order valence-corrected chi connectivity index (χ3v) is 1.98. The Morgan fingerprint density at radius 2 is 2.14 bits per heavy atom. The van der Waals surface area contributed by atoms with Crippen LogP contribution in [0, 0.1) is 0 Å². The van der Waals surface area contributed by atoms with Gasteiger partial charge >= 0.3 is 0 Å². The van der Waals surface area contributed by atoms with E-state index in [9.17, 15) is 4.79 Å². The summed E-state index contributed by atoms with van der Waals surface area (Å²) in [4.78, 5) is 10.3. The molecule has 3 nitrogen and oxygen atoms in total. The number of fused-ring (bicyclic) bond motifs is 1. The van der Waals surface area contributed by atoms with Crippen LogP contribution >= 0.6 is 0 Å². The Hall–Kier alpha value is -2.03. The molecular weight excluding hydrogens is 176 g/mol. The first-order chi connectivity index (χ1) is 6.90. The van der Waals surface area contributed by atoms with E-state index in [4.69, 9.17) is 0 Å². The minimum Gasteiger partial charge on any atom is -0.341 e. The Kier molecular flexibility index (Phi) is 2.32. The molecule has 0 saturated heterocycles. The predicted octanol–water partition coefficient (Wildman–Crippen LogP) is 1.71. The summed E-state index contributed by atoms with van der Waals surface area (Å²) in [6.07, 6.45) is 6.35. The van der Waals surface area contributed by atoms with Crippen molar-refractivity contribution in [3.05, 3.63) is 47.8 Å². The lowest BCUT2D eigenvalue weighted by molar-refractivity contribution is -0.108. The van der Waals surface area contributed by atoms with Gasteiger partial charge in [0.1, 0.15) is 5.82 Å². The molecule has 70 valence electrons. The Bertz CT molecular complexity index is 408. The van der Waals surface area contributed by atoms with Gasteiger partial charge in [0.15, 0.2) is 0 Å². The van der Waals surface area contributed by atoms with Gasteiger partial charge in [-0.1, -0.05) is 30.4 Å². The maximum atomic E-state index is 10.3. The largest absolute Gasteiger partial charge is 0.341 e. The van der Waals surface area contributed by atoms with Crippen molar-refractivity contribution in [2.45, 2.75) is 0 Å². The van der Waals surface area contributed by atoms with E-state index in [2.05, 4.69) is 10.6 Å². The van der Waals surface area contributed by atoms with Crippen LogP contribution in [0.15, 0.2) is 42.2 Å². The molecule has 1 aliphatic rings. The Morgan fingerprint density at radius 1 is 1.29 bits per heavy atom. The van der Waals surface area contributed by atoms with Crippen LogP contribution in [0.1, 0.15) is 5.56 Å². The molecule has 0 fully saturated rings. The van der Waals surface area contributed by atoms with Crippen molar-refractivity contribution in [2.75, 3.05) is 5.32 Å². The summed E-state index contributed by atoms with van der Waals surface area (Å²) in [5.74, 6) is 0.682. The molecule has 0 atom stereocenters. The van der Waals surface area contributed by atoms with Crippen molar-refractivity contribution >= 4 is 18.2 Å². The van der Waals surface area contributed by atoms with Gasteiger partial charge in [0.2, 0.25) is 6.41 Å². The maximum Gasteiger partial charge on any atom is 0.212 e. The second-order valence-corrected chi connectivity index (χ2v) is 2.91. The molecule has 0 unspecified atom stereocenters. The van der Waals surface area contributed by atoms with Gasteiger partial charge in [-0.2, -0.15) is 0 Å². The molecule has 3 heteroatoms. The fraction of sp³-hybridized carbons (Fsp3) is 0. The first kappa shape index (κ1) is 8.56. The number of amides is 1. The van der Waals surface area contributed by atoms with E-state index in [1.165, 1.54) is 0 Å². The smallest absolute Gasteiger partial charge is 0.212 e. The second kappa shape index (κ2) is 3.79. The highest BCUT2D eigenvalue weighted by atomic mass is 16.1. The molecule has 1 amide bonds. The van der Waals surface area contributed by atoms with Crippen LogP contribution in [0.25, 0.3) is 6.08 Å².